The van der Waals surface area contributed by atoms with Crippen LogP contribution < -0.4 is 4.90 Å². The van der Waals surface area contributed by atoms with E-state index in [0.29, 0.717) is 25.6 Å². The Morgan fingerprint density at radius 3 is 2.89 bits per heavy atom. The Hall–Kier alpha value is -1.20. The van der Waals surface area contributed by atoms with Gasteiger partial charge in [-0.3, -0.25) is 9.69 Å². The lowest BCUT2D eigenvalue weighted by Gasteiger charge is -2.25. The normalized spacial score (nSPS) is 15.5. The summed E-state index contributed by atoms with van der Waals surface area (Å²) in [4.78, 5) is 18.5. The van der Waals surface area contributed by atoms with Crippen LogP contribution in [0.3, 0.4) is 0 Å². The van der Waals surface area contributed by atoms with Crippen molar-refractivity contribution in [3.8, 4) is 0 Å². The topological polar surface area (TPSA) is 42.4 Å². The molecule has 4 nitrogen and oxygen atoms in total. The molecule has 1 amide bonds. The highest BCUT2D eigenvalue weighted by Gasteiger charge is 2.23. The van der Waals surface area contributed by atoms with Gasteiger partial charge in [0.05, 0.1) is 13.2 Å². The third-order valence-corrected chi connectivity index (χ3v) is 3.66. The summed E-state index contributed by atoms with van der Waals surface area (Å²) in [5, 5.41) is 0. The quantitative estimate of drug-likeness (QED) is 0.858. The van der Waals surface area contributed by atoms with Crippen molar-refractivity contribution in [3.05, 3.63) is 33.9 Å². The van der Waals surface area contributed by atoms with Crippen molar-refractivity contribution in [2.24, 2.45) is 0 Å². The number of hydrogen-bond donors (Lipinski definition) is 0. The molecule has 0 aliphatic carbocycles. The van der Waals surface area contributed by atoms with Crippen LogP contribution in [0.4, 0.5) is 5.82 Å². The molecular weight excluding hydrogens is 308 g/mol. The standard InChI is InChI=1S/C14H17BrN2O2/c1-3-17(13-5-4-11(15)8-16-13)14(18)12-9-19-7-6-10(12)2/h4-5,8H,3,6-7,9H2,1-2H3. The van der Waals surface area contributed by atoms with Gasteiger partial charge in [0.2, 0.25) is 0 Å². The van der Waals surface area contributed by atoms with Crippen LogP contribution >= 0.6 is 15.9 Å². The van der Waals surface area contributed by atoms with Crippen molar-refractivity contribution in [2.75, 3.05) is 24.7 Å². The summed E-state index contributed by atoms with van der Waals surface area (Å²) in [5.74, 6) is 0.663. The Balaban J connectivity index is 2.26. The van der Waals surface area contributed by atoms with E-state index in [9.17, 15) is 4.79 Å². The first-order valence-electron chi connectivity index (χ1n) is 6.33. The molecule has 0 saturated heterocycles. The Bertz CT molecular complexity index is 497. The molecule has 1 aromatic rings. The lowest BCUT2D eigenvalue weighted by molar-refractivity contribution is -0.116. The SMILES string of the molecule is CCN(C(=O)C1=C(C)CCOC1)c1ccc(Br)cn1. The van der Waals surface area contributed by atoms with Gasteiger partial charge in [-0.1, -0.05) is 5.57 Å². The number of nitrogens with zero attached hydrogens (tertiary/aromatic N) is 2. The summed E-state index contributed by atoms with van der Waals surface area (Å²) in [6.45, 7) is 5.63. The van der Waals surface area contributed by atoms with Crippen molar-refractivity contribution in [3.63, 3.8) is 0 Å². The molecule has 0 radical (unpaired) electrons. The van der Waals surface area contributed by atoms with Crippen molar-refractivity contribution in [1.29, 1.82) is 0 Å². The van der Waals surface area contributed by atoms with Gasteiger partial charge in [-0.25, -0.2) is 4.98 Å². The lowest BCUT2D eigenvalue weighted by atomic mass is 10.0. The second-order valence-corrected chi connectivity index (χ2v) is 5.36. The van der Waals surface area contributed by atoms with E-state index in [1.807, 2.05) is 26.0 Å². The number of rotatable bonds is 3. The molecule has 0 fully saturated rings. The van der Waals surface area contributed by atoms with E-state index < -0.39 is 0 Å². The average Bonchev–Trinajstić information content (AvgIpc) is 2.42. The number of carbonyl (C=O) groups is 1. The van der Waals surface area contributed by atoms with Gasteiger partial charge in [0.25, 0.3) is 5.91 Å². The molecule has 1 aromatic heterocycles. The largest absolute Gasteiger partial charge is 0.376 e. The Morgan fingerprint density at radius 2 is 2.32 bits per heavy atom. The minimum Gasteiger partial charge on any atom is -0.376 e. The number of amides is 1. The fourth-order valence-corrected chi connectivity index (χ4v) is 2.25. The van der Waals surface area contributed by atoms with Crippen LogP contribution in [0.2, 0.25) is 0 Å². The van der Waals surface area contributed by atoms with E-state index >= 15 is 0 Å². The van der Waals surface area contributed by atoms with Crippen molar-refractivity contribution in [1.82, 2.24) is 4.98 Å². The predicted octanol–water partition coefficient (Wildman–Crippen LogP) is 2.93. The van der Waals surface area contributed by atoms with Crippen LogP contribution in [0.15, 0.2) is 33.9 Å². The van der Waals surface area contributed by atoms with E-state index in [-0.39, 0.29) is 5.91 Å². The van der Waals surface area contributed by atoms with E-state index in [0.717, 1.165) is 22.0 Å². The fraction of sp³-hybridized carbons (Fsp3) is 0.429. The van der Waals surface area contributed by atoms with Gasteiger partial charge in [0.1, 0.15) is 5.82 Å². The Labute approximate surface area is 121 Å². The number of likely N-dealkylation sites (N-methyl/N-ethyl adjacent to an activating group) is 1. The molecule has 1 aliphatic rings. The van der Waals surface area contributed by atoms with Crippen LogP contribution in [-0.4, -0.2) is 30.6 Å². The second-order valence-electron chi connectivity index (χ2n) is 4.45. The zero-order valence-corrected chi connectivity index (χ0v) is 12.7. The Morgan fingerprint density at radius 1 is 1.53 bits per heavy atom. The van der Waals surface area contributed by atoms with Crippen LogP contribution in [-0.2, 0) is 9.53 Å². The number of carbonyl (C=O) groups excluding carboxylic acids is 1. The zero-order valence-electron chi connectivity index (χ0n) is 11.1. The highest BCUT2D eigenvalue weighted by Crippen LogP contribution is 2.21. The Kier molecular flexibility index (Phi) is 4.71. The first-order chi connectivity index (χ1) is 9.13. The van der Waals surface area contributed by atoms with Crippen LogP contribution in [0.1, 0.15) is 20.3 Å². The first kappa shape index (κ1) is 14.2. The summed E-state index contributed by atoms with van der Waals surface area (Å²) < 4.78 is 6.29. The summed E-state index contributed by atoms with van der Waals surface area (Å²) >= 11 is 3.34. The van der Waals surface area contributed by atoms with Crippen molar-refractivity contribution >= 4 is 27.7 Å². The third kappa shape index (κ3) is 3.22. The van der Waals surface area contributed by atoms with Crippen molar-refractivity contribution in [2.45, 2.75) is 20.3 Å². The highest BCUT2D eigenvalue weighted by atomic mass is 79.9. The number of anilines is 1. The lowest BCUT2D eigenvalue weighted by Crippen LogP contribution is -2.35. The van der Waals surface area contributed by atoms with E-state index in [1.54, 1.807) is 11.1 Å². The highest BCUT2D eigenvalue weighted by molar-refractivity contribution is 9.10. The van der Waals surface area contributed by atoms with Crippen LogP contribution in [0.25, 0.3) is 0 Å². The van der Waals surface area contributed by atoms with Gasteiger partial charge >= 0.3 is 0 Å². The predicted molar refractivity (Wildman–Crippen MR) is 78.1 cm³/mol. The van der Waals surface area contributed by atoms with Gasteiger partial charge < -0.3 is 4.74 Å². The van der Waals surface area contributed by atoms with Crippen LogP contribution in [0, 0.1) is 0 Å². The maximum Gasteiger partial charge on any atom is 0.257 e. The fourth-order valence-electron chi connectivity index (χ4n) is 2.02. The molecule has 102 valence electrons. The van der Waals surface area contributed by atoms with Gasteiger partial charge in [0.15, 0.2) is 0 Å². The molecule has 1 aliphatic heterocycles. The van der Waals surface area contributed by atoms with Gasteiger partial charge in [0, 0.05) is 22.8 Å². The van der Waals surface area contributed by atoms with Gasteiger partial charge in [-0.2, -0.15) is 0 Å². The number of aromatic nitrogens is 1. The maximum absolute atomic E-state index is 12.6. The number of hydrogen-bond acceptors (Lipinski definition) is 3. The second kappa shape index (κ2) is 6.30. The monoisotopic (exact) mass is 324 g/mol. The van der Waals surface area contributed by atoms with Gasteiger partial charge in [-0.15, -0.1) is 0 Å². The molecule has 0 saturated carbocycles. The molecular formula is C14H17BrN2O2. The summed E-state index contributed by atoms with van der Waals surface area (Å²) in [6.07, 6.45) is 2.52. The molecule has 0 spiro atoms. The summed E-state index contributed by atoms with van der Waals surface area (Å²) in [5.41, 5.74) is 1.88. The molecule has 0 unspecified atom stereocenters. The van der Waals surface area contributed by atoms with Crippen LogP contribution in [0.5, 0.6) is 0 Å². The molecule has 2 rings (SSSR count). The molecule has 0 bridgehead atoms. The third-order valence-electron chi connectivity index (χ3n) is 3.19. The van der Waals surface area contributed by atoms with E-state index in [2.05, 4.69) is 20.9 Å². The molecule has 5 heteroatoms. The number of pyridine rings is 1. The molecule has 0 atom stereocenters. The molecule has 19 heavy (non-hydrogen) atoms. The van der Waals surface area contributed by atoms with E-state index in [4.69, 9.17) is 4.74 Å². The minimum atomic E-state index is -0.00507. The summed E-state index contributed by atoms with van der Waals surface area (Å²) in [7, 11) is 0. The smallest absolute Gasteiger partial charge is 0.257 e. The van der Waals surface area contributed by atoms with E-state index in [1.165, 1.54) is 0 Å². The molecule has 0 aromatic carbocycles. The summed E-state index contributed by atoms with van der Waals surface area (Å²) in [6, 6.07) is 3.72. The maximum atomic E-state index is 12.6. The zero-order chi connectivity index (χ0) is 13.8. The average molecular weight is 325 g/mol. The number of halogens is 1. The van der Waals surface area contributed by atoms with Crippen molar-refractivity contribution < 1.29 is 9.53 Å². The molecule has 0 N–H and O–H groups in total. The van der Waals surface area contributed by atoms with Gasteiger partial charge in [-0.05, 0) is 48.3 Å². The minimum absolute atomic E-state index is 0.00507. The molecule has 2 heterocycles. The number of ether oxygens (including phenoxy) is 1. The first-order valence-corrected chi connectivity index (χ1v) is 7.12.